The predicted molar refractivity (Wildman–Crippen MR) is 216 cm³/mol. The molecule has 1 unspecified atom stereocenters. The highest BCUT2D eigenvalue weighted by molar-refractivity contribution is 7.80. The Labute approximate surface area is 318 Å². The Balaban J connectivity index is 4.41. The fourth-order valence-electron chi connectivity index (χ4n) is 5.12. The normalized spacial score (nSPS) is 13.0. The molecule has 0 aromatic rings. The second-order valence-corrected chi connectivity index (χ2v) is 16.5. The number of nitrogens with zero attached hydrogens (tertiary/aromatic N) is 1. The number of rotatable bonds is 32. The molecule has 0 radical (unpaired) electrons. The molecule has 0 aromatic carbocycles. The summed E-state index contributed by atoms with van der Waals surface area (Å²) in [5.74, 6) is 12.7. The molecule has 0 saturated carbocycles. The lowest BCUT2D eigenvalue weighted by Crippen LogP contribution is -2.37. The van der Waals surface area contributed by atoms with Crippen LogP contribution in [0.2, 0.25) is 0 Å². The van der Waals surface area contributed by atoms with Crippen molar-refractivity contribution >= 4 is 42.4 Å². The van der Waals surface area contributed by atoms with Crippen LogP contribution in [0.5, 0.6) is 0 Å². The van der Waals surface area contributed by atoms with E-state index in [0.717, 1.165) is 51.4 Å². The van der Waals surface area contributed by atoms with Gasteiger partial charge >= 0.3 is 0 Å². The quantitative estimate of drug-likeness (QED) is 0.0221. The van der Waals surface area contributed by atoms with E-state index < -0.39 is 13.9 Å². The second-order valence-electron chi connectivity index (χ2n) is 14.2. The number of likely N-dealkylation sites (N-methyl/N-ethyl adjacent to an activating group) is 1. The van der Waals surface area contributed by atoms with E-state index in [9.17, 15) is 9.46 Å². The molecule has 0 heterocycles. The van der Waals surface area contributed by atoms with Crippen molar-refractivity contribution in [3.8, 4) is 23.7 Å². The molecule has 0 amide bonds. The molecule has 0 spiro atoms. The summed E-state index contributed by atoms with van der Waals surface area (Å²) in [4.78, 5) is 12.4. The number of ether oxygens (including phenoxy) is 2. The fraction of sp³-hybridized carbons (Fsp3) is 0.850. The average molecular weight is 758 g/mol. The van der Waals surface area contributed by atoms with Gasteiger partial charge in [0, 0.05) is 38.5 Å². The van der Waals surface area contributed by atoms with Gasteiger partial charge in [-0.05, 0) is 50.1 Å². The summed E-state index contributed by atoms with van der Waals surface area (Å²) in [6.45, 7) is 4.58. The number of hydrogen-bond acceptors (Lipinski definition) is 8. The summed E-state index contributed by atoms with van der Waals surface area (Å²) in [5, 5.41) is 0.946. The van der Waals surface area contributed by atoms with Crippen molar-refractivity contribution < 1.29 is 32.5 Å². The summed E-state index contributed by atoms with van der Waals surface area (Å²) < 4.78 is 35.1. The smallest absolute Gasteiger partial charge is 0.268 e. The van der Waals surface area contributed by atoms with Crippen LogP contribution >= 0.6 is 32.3 Å². The highest BCUT2D eigenvalue weighted by Crippen LogP contribution is 2.38. The van der Waals surface area contributed by atoms with E-state index in [2.05, 4.69) is 37.5 Å². The maximum absolute atomic E-state index is 12.4. The number of unbranched alkanes of at least 4 members (excludes halogenated alkanes) is 18. The van der Waals surface area contributed by atoms with Gasteiger partial charge in [-0.2, -0.15) is 0 Å². The van der Waals surface area contributed by atoms with Crippen molar-refractivity contribution in [2.45, 2.75) is 174 Å². The Kier molecular flexibility index (Phi) is 33.1. The van der Waals surface area contributed by atoms with Gasteiger partial charge in [-0.1, -0.05) is 104 Å². The molecule has 0 aliphatic heterocycles. The molecule has 7 nitrogen and oxygen atoms in total. The van der Waals surface area contributed by atoms with Gasteiger partial charge in [-0.15, -0.1) is 23.7 Å². The third-order valence-corrected chi connectivity index (χ3v) is 9.71. The number of phosphoric ester groups is 1. The van der Waals surface area contributed by atoms with Crippen LogP contribution in [0.15, 0.2) is 0 Å². The number of quaternary nitrogens is 1. The first-order chi connectivity index (χ1) is 24.0. The third-order valence-electron chi connectivity index (χ3n) is 8.13. The molecule has 2 atom stereocenters. The fourth-order valence-corrected chi connectivity index (χ4v) is 6.35. The van der Waals surface area contributed by atoms with Crippen LogP contribution < -0.4 is 4.89 Å². The highest BCUT2D eigenvalue weighted by Gasteiger charge is 2.20. The standard InChI is InChI=1S/C40H72NO6PS2/c1-6-8-10-12-14-16-18-20-22-24-26-28-30-32-39(49)44-36-38(37-46-48(42,43)45-35-34-41(3,4)5)47-40(50)33-31-29-27-25-23-21-19-17-15-13-11-9-7-2/h38H,6-7,12-37H2,1-5H3/t38-/m1/s1. The van der Waals surface area contributed by atoms with E-state index in [1.807, 2.05) is 21.1 Å². The van der Waals surface area contributed by atoms with E-state index in [1.165, 1.54) is 89.9 Å². The molecule has 0 aliphatic carbocycles. The Morgan fingerprint density at radius 1 is 0.620 bits per heavy atom. The summed E-state index contributed by atoms with van der Waals surface area (Å²) in [6, 6.07) is 0. The molecule has 0 fully saturated rings. The Bertz CT molecular complexity index is 1030. The number of thiocarbonyl (C=S) groups is 2. The van der Waals surface area contributed by atoms with E-state index in [4.69, 9.17) is 43.0 Å². The van der Waals surface area contributed by atoms with Gasteiger partial charge in [-0.25, -0.2) is 0 Å². The zero-order valence-corrected chi connectivity index (χ0v) is 35.1. The lowest BCUT2D eigenvalue weighted by Gasteiger charge is -2.28. The van der Waals surface area contributed by atoms with Crippen LogP contribution in [0.1, 0.15) is 168 Å². The maximum Gasteiger partial charge on any atom is 0.268 e. The molecule has 0 N–H and O–H groups in total. The zero-order valence-electron chi connectivity index (χ0n) is 32.5. The van der Waals surface area contributed by atoms with Crippen molar-refractivity contribution in [1.29, 1.82) is 0 Å². The Hall–Kier alpha value is -1.03. The van der Waals surface area contributed by atoms with Crippen molar-refractivity contribution in [1.82, 2.24) is 0 Å². The Morgan fingerprint density at radius 3 is 1.48 bits per heavy atom. The maximum atomic E-state index is 12.4. The van der Waals surface area contributed by atoms with Gasteiger partial charge in [0.05, 0.1) is 27.7 Å². The molecular formula is C40H72NO6PS2. The van der Waals surface area contributed by atoms with Crippen molar-refractivity contribution in [2.75, 3.05) is 47.5 Å². The SMILES string of the molecule is CCC#CCCCCCCCCCCCC(=S)OC[C@H](COP(=O)([O-])OCC[N+](C)(C)C)OC(=S)CCCCCCCCCCCC#CCC. The summed E-state index contributed by atoms with van der Waals surface area (Å²) in [7, 11) is 1.40. The first-order valence-electron chi connectivity index (χ1n) is 19.7. The molecule has 0 aliphatic rings. The van der Waals surface area contributed by atoms with Crippen LogP contribution in [0.3, 0.4) is 0 Å². The van der Waals surface area contributed by atoms with Crippen LogP contribution in [0, 0.1) is 23.7 Å². The summed E-state index contributed by atoms with van der Waals surface area (Å²) in [6.07, 6.45) is 26.2. The number of hydrogen-bond donors (Lipinski definition) is 0. The minimum Gasteiger partial charge on any atom is -0.756 e. The monoisotopic (exact) mass is 757 g/mol. The highest BCUT2D eigenvalue weighted by atomic mass is 32.1. The molecule has 0 rings (SSSR count). The van der Waals surface area contributed by atoms with Gasteiger partial charge in [0.2, 0.25) is 0 Å². The molecule has 0 bridgehead atoms. The van der Waals surface area contributed by atoms with Crippen LogP contribution in [0.4, 0.5) is 0 Å². The molecular weight excluding hydrogens is 686 g/mol. The molecule has 290 valence electrons. The molecule has 0 saturated heterocycles. The van der Waals surface area contributed by atoms with Crippen LogP contribution in [-0.4, -0.2) is 68.2 Å². The largest absolute Gasteiger partial charge is 0.756 e. The van der Waals surface area contributed by atoms with Gasteiger partial charge in [0.25, 0.3) is 7.82 Å². The topological polar surface area (TPSA) is 77.1 Å². The van der Waals surface area contributed by atoms with Crippen molar-refractivity contribution in [3.63, 3.8) is 0 Å². The van der Waals surface area contributed by atoms with Crippen molar-refractivity contribution in [3.05, 3.63) is 0 Å². The zero-order chi connectivity index (χ0) is 37.2. The van der Waals surface area contributed by atoms with Gasteiger partial charge < -0.3 is 27.9 Å². The molecule has 10 heteroatoms. The van der Waals surface area contributed by atoms with Crippen molar-refractivity contribution in [2.24, 2.45) is 0 Å². The minimum absolute atomic E-state index is 0.0395. The van der Waals surface area contributed by atoms with Gasteiger partial charge in [0.15, 0.2) is 16.2 Å². The van der Waals surface area contributed by atoms with E-state index in [-0.39, 0.29) is 19.8 Å². The third kappa shape index (κ3) is 36.8. The van der Waals surface area contributed by atoms with E-state index in [0.29, 0.717) is 34.0 Å². The summed E-state index contributed by atoms with van der Waals surface area (Å²) in [5.41, 5.74) is 0. The second kappa shape index (κ2) is 33.8. The first-order valence-corrected chi connectivity index (χ1v) is 21.9. The first kappa shape index (κ1) is 49.0. The van der Waals surface area contributed by atoms with Crippen LogP contribution in [0.25, 0.3) is 0 Å². The van der Waals surface area contributed by atoms with Crippen LogP contribution in [-0.2, 0) is 23.1 Å². The summed E-state index contributed by atoms with van der Waals surface area (Å²) >= 11 is 11.0. The lowest BCUT2D eigenvalue weighted by atomic mass is 10.1. The minimum atomic E-state index is -4.50. The van der Waals surface area contributed by atoms with E-state index in [1.54, 1.807) is 0 Å². The van der Waals surface area contributed by atoms with E-state index >= 15 is 0 Å². The van der Waals surface area contributed by atoms with Gasteiger partial charge in [-0.3, -0.25) is 4.57 Å². The lowest BCUT2D eigenvalue weighted by molar-refractivity contribution is -0.870. The predicted octanol–water partition coefficient (Wildman–Crippen LogP) is 10.7. The molecule has 50 heavy (non-hydrogen) atoms. The van der Waals surface area contributed by atoms with Gasteiger partial charge in [0.1, 0.15) is 19.8 Å². The average Bonchev–Trinajstić information content (AvgIpc) is 3.06. The Morgan fingerprint density at radius 2 is 1.04 bits per heavy atom. The molecule has 0 aromatic heterocycles. The number of phosphoric acid groups is 1.